The van der Waals surface area contributed by atoms with E-state index >= 15 is 0 Å². The first-order chi connectivity index (χ1) is 5.79. The molecule has 0 fully saturated rings. The summed E-state index contributed by atoms with van der Waals surface area (Å²) in [7, 11) is 0. The van der Waals surface area contributed by atoms with Gasteiger partial charge >= 0.3 is 0 Å². The molecule has 1 aromatic heterocycles. The first kappa shape index (κ1) is 8.97. The van der Waals surface area contributed by atoms with Crippen molar-refractivity contribution in [1.82, 2.24) is 9.78 Å². The molecule has 0 saturated carbocycles. The lowest BCUT2D eigenvalue weighted by molar-refractivity contribution is 0.0810. The molecule has 0 aromatic carbocycles. The van der Waals surface area contributed by atoms with Gasteiger partial charge in [0.25, 0.3) is 0 Å². The lowest BCUT2D eigenvalue weighted by Gasteiger charge is -2.09. The summed E-state index contributed by atoms with van der Waals surface area (Å²) in [5.74, 6) is 0.218. The average Bonchev–Trinajstić information content (AvgIpc) is 2.58. The van der Waals surface area contributed by atoms with Gasteiger partial charge in [-0.1, -0.05) is 13.8 Å². The second kappa shape index (κ2) is 4.04. The van der Waals surface area contributed by atoms with E-state index in [-0.39, 0.29) is 11.8 Å². The molecule has 12 heavy (non-hydrogen) atoms. The lowest BCUT2D eigenvalue weighted by Crippen LogP contribution is -2.20. The number of rotatable bonds is 3. The predicted molar refractivity (Wildman–Crippen MR) is 46.9 cm³/mol. The lowest BCUT2D eigenvalue weighted by atomic mass is 10.0. The molecule has 0 saturated heterocycles. The number of carbonyl (C=O) groups is 1. The van der Waals surface area contributed by atoms with Crippen LogP contribution < -0.4 is 0 Å². The van der Waals surface area contributed by atoms with Crippen molar-refractivity contribution in [2.24, 2.45) is 5.92 Å². The number of nitrogens with zero attached hydrogens (tertiary/aromatic N) is 2. The summed E-state index contributed by atoms with van der Waals surface area (Å²) in [6.07, 6.45) is 5.09. The Morgan fingerprint density at radius 3 is 2.58 bits per heavy atom. The van der Waals surface area contributed by atoms with Gasteiger partial charge in [-0.05, 0) is 18.9 Å². The Labute approximate surface area is 72.4 Å². The molecule has 0 aliphatic heterocycles. The standard InChI is InChI=1S/C9H14N2O/c1-3-8(4-2)9(12)11-7-5-6-10-11/h5-8H,3-4H2,1-2H3. The second-order valence-corrected chi connectivity index (χ2v) is 2.80. The normalized spacial score (nSPS) is 10.6. The zero-order chi connectivity index (χ0) is 8.97. The Balaban J connectivity index is 2.70. The molecule has 66 valence electrons. The number of carbonyl (C=O) groups excluding carboxylic acids is 1. The quantitative estimate of drug-likeness (QED) is 0.688. The maximum Gasteiger partial charge on any atom is 0.249 e. The van der Waals surface area contributed by atoms with Gasteiger partial charge in [-0.3, -0.25) is 4.79 Å². The van der Waals surface area contributed by atoms with Crippen molar-refractivity contribution in [3.63, 3.8) is 0 Å². The van der Waals surface area contributed by atoms with Gasteiger partial charge in [0, 0.05) is 18.3 Å². The Hall–Kier alpha value is -1.12. The van der Waals surface area contributed by atoms with E-state index in [0.29, 0.717) is 0 Å². The maximum atomic E-state index is 11.6. The summed E-state index contributed by atoms with van der Waals surface area (Å²) in [6.45, 7) is 4.05. The summed E-state index contributed by atoms with van der Waals surface area (Å²) >= 11 is 0. The van der Waals surface area contributed by atoms with Crippen LogP contribution in [0.1, 0.15) is 31.5 Å². The van der Waals surface area contributed by atoms with Crippen molar-refractivity contribution in [1.29, 1.82) is 0 Å². The summed E-state index contributed by atoms with van der Waals surface area (Å²) in [5.41, 5.74) is 0. The third-order valence-electron chi connectivity index (χ3n) is 2.07. The SMILES string of the molecule is CCC(CC)C(=O)n1cccn1. The Bertz CT molecular complexity index is 237. The zero-order valence-corrected chi connectivity index (χ0v) is 7.53. The van der Waals surface area contributed by atoms with Crippen molar-refractivity contribution in [2.75, 3.05) is 0 Å². The zero-order valence-electron chi connectivity index (χ0n) is 7.53. The van der Waals surface area contributed by atoms with E-state index in [1.54, 1.807) is 18.5 Å². The van der Waals surface area contributed by atoms with E-state index in [1.807, 2.05) is 13.8 Å². The molecule has 0 N–H and O–H groups in total. The third-order valence-corrected chi connectivity index (χ3v) is 2.07. The van der Waals surface area contributed by atoms with Crippen molar-refractivity contribution in [3.8, 4) is 0 Å². The van der Waals surface area contributed by atoms with Gasteiger partial charge in [0.1, 0.15) is 0 Å². The highest BCUT2D eigenvalue weighted by atomic mass is 16.2. The Morgan fingerprint density at radius 2 is 2.17 bits per heavy atom. The number of aromatic nitrogens is 2. The van der Waals surface area contributed by atoms with Crippen molar-refractivity contribution in [3.05, 3.63) is 18.5 Å². The number of hydrogen-bond donors (Lipinski definition) is 0. The summed E-state index contributed by atoms with van der Waals surface area (Å²) < 4.78 is 1.41. The highest BCUT2D eigenvalue weighted by molar-refractivity contribution is 5.80. The van der Waals surface area contributed by atoms with Gasteiger partial charge in [0.15, 0.2) is 0 Å². The Morgan fingerprint density at radius 1 is 1.50 bits per heavy atom. The molecule has 1 aromatic rings. The van der Waals surface area contributed by atoms with Crippen LogP contribution in [-0.2, 0) is 0 Å². The predicted octanol–water partition coefficient (Wildman–Crippen LogP) is 1.96. The molecule has 1 heterocycles. The molecule has 0 bridgehead atoms. The molecular weight excluding hydrogens is 152 g/mol. The minimum Gasteiger partial charge on any atom is -0.272 e. The summed E-state index contributed by atoms with van der Waals surface area (Å²) in [4.78, 5) is 11.6. The fourth-order valence-corrected chi connectivity index (χ4v) is 1.22. The van der Waals surface area contributed by atoms with Crippen LogP contribution in [-0.4, -0.2) is 15.7 Å². The van der Waals surface area contributed by atoms with Crippen molar-refractivity contribution in [2.45, 2.75) is 26.7 Å². The summed E-state index contributed by atoms with van der Waals surface area (Å²) in [5, 5.41) is 3.90. The van der Waals surface area contributed by atoms with E-state index in [2.05, 4.69) is 5.10 Å². The third kappa shape index (κ3) is 1.72. The molecular formula is C9H14N2O. The van der Waals surface area contributed by atoms with Gasteiger partial charge in [0.05, 0.1) is 0 Å². The van der Waals surface area contributed by atoms with Gasteiger partial charge in [-0.2, -0.15) is 5.10 Å². The van der Waals surface area contributed by atoms with Gasteiger partial charge in [-0.15, -0.1) is 0 Å². The van der Waals surface area contributed by atoms with E-state index < -0.39 is 0 Å². The topological polar surface area (TPSA) is 34.9 Å². The fraction of sp³-hybridized carbons (Fsp3) is 0.556. The summed E-state index contributed by atoms with van der Waals surface area (Å²) in [6, 6.07) is 1.76. The van der Waals surface area contributed by atoms with E-state index in [1.165, 1.54) is 4.68 Å². The molecule has 0 radical (unpaired) electrons. The molecule has 0 spiro atoms. The van der Waals surface area contributed by atoms with Crippen molar-refractivity contribution < 1.29 is 4.79 Å². The second-order valence-electron chi connectivity index (χ2n) is 2.80. The van der Waals surface area contributed by atoms with Crippen LogP contribution in [0.2, 0.25) is 0 Å². The highest BCUT2D eigenvalue weighted by Crippen LogP contribution is 2.09. The molecule has 3 nitrogen and oxygen atoms in total. The first-order valence-electron chi connectivity index (χ1n) is 4.33. The van der Waals surface area contributed by atoms with E-state index in [0.717, 1.165) is 12.8 Å². The average molecular weight is 166 g/mol. The molecule has 3 heteroatoms. The molecule has 0 aliphatic carbocycles. The van der Waals surface area contributed by atoms with E-state index in [9.17, 15) is 4.79 Å². The number of hydrogen-bond acceptors (Lipinski definition) is 2. The molecule has 0 unspecified atom stereocenters. The van der Waals surface area contributed by atoms with Crippen LogP contribution >= 0.6 is 0 Å². The largest absolute Gasteiger partial charge is 0.272 e. The maximum absolute atomic E-state index is 11.6. The van der Waals surface area contributed by atoms with Crippen LogP contribution in [0.4, 0.5) is 0 Å². The highest BCUT2D eigenvalue weighted by Gasteiger charge is 2.15. The van der Waals surface area contributed by atoms with Crippen LogP contribution in [0.25, 0.3) is 0 Å². The molecule has 0 aliphatic rings. The van der Waals surface area contributed by atoms with E-state index in [4.69, 9.17) is 0 Å². The van der Waals surface area contributed by atoms with Crippen LogP contribution in [0.15, 0.2) is 18.5 Å². The fourth-order valence-electron chi connectivity index (χ4n) is 1.22. The monoisotopic (exact) mass is 166 g/mol. The first-order valence-corrected chi connectivity index (χ1v) is 4.33. The molecule has 0 atom stereocenters. The minimum absolute atomic E-state index is 0.102. The van der Waals surface area contributed by atoms with Crippen LogP contribution in [0, 0.1) is 5.92 Å². The smallest absolute Gasteiger partial charge is 0.249 e. The van der Waals surface area contributed by atoms with Crippen LogP contribution in [0.3, 0.4) is 0 Å². The van der Waals surface area contributed by atoms with Gasteiger partial charge in [-0.25, -0.2) is 4.68 Å². The molecule has 1 rings (SSSR count). The van der Waals surface area contributed by atoms with Crippen LogP contribution in [0.5, 0.6) is 0 Å². The Kier molecular flexibility index (Phi) is 3.02. The van der Waals surface area contributed by atoms with Gasteiger partial charge in [0.2, 0.25) is 5.91 Å². The van der Waals surface area contributed by atoms with Crippen molar-refractivity contribution >= 4 is 5.91 Å². The minimum atomic E-state index is 0.102. The van der Waals surface area contributed by atoms with Gasteiger partial charge < -0.3 is 0 Å². The molecule has 0 amide bonds.